The zero-order chi connectivity index (χ0) is 17.5. The van der Waals surface area contributed by atoms with Crippen LogP contribution < -0.4 is 5.32 Å². The third-order valence-electron chi connectivity index (χ3n) is 4.06. The van der Waals surface area contributed by atoms with E-state index in [2.05, 4.69) is 51.3 Å². The van der Waals surface area contributed by atoms with Crippen LogP contribution >= 0.6 is 0 Å². The molecule has 0 saturated carbocycles. The van der Waals surface area contributed by atoms with Gasteiger partial charge in [0.05, 0.1) is 12.3 Å². The third-order valence-corrected chi connectivity index (χ3v) is 4.06. The van der Waals surface area contributed by atoms with E-state index in [0.29, 0.717) is 0 Å². The largest absolute Gasteiger partial charge is 0.468 e. The number of furan rings is 1. The summed E-state index contributed by atoms with van der Waals surface area (Å²) >= 11 is 0. The molecule has 1 aromatic carbocycles. The van der Waals surface area contributed by atoms with E-state index >= 15 is 0 Å². The minimum absolute atomic E-state index is 0.157. The molecule has 0 amide bonds. The highest BCUT2D eigenvalue weighted by atomic mass is 16.3. The van der Waals surface area contributed by atoms with Crippen molar-refractivity contribution >= 4 is 5.96 Å². The maximum atomic E-state index is 5.56. The Hall–Kier alpha value is -2.27. The molecule has 1 N–H and O–H groups in total. The summed E-state index contributed by atoms with van der Waals surface area (Å²) in [6.07, 6.45) is 1.71. The van der Waals surface area contributed by atoms with Crippen LogP contribution in [0.3, 0.4) is 0 Å². The number of guanidine groups is 1. The molecule has 0 fully saturated rings. The van der Waals surface area contributed by atoms with Gasteiger partial charge in [-0.1, -0.05) is 29.8 Å². The maximum absolute atomic E-state index is 5.56. The SMILES string of the molecule is CN=C(NCC(c1ccco1)N(C)C)N(C)Cc1ccc(C)cc1. The predicted octanol–water partition coefficient (Wildman–Crippen LogP) is 2.90. The van der Waals surface area contributed by atoms with Crippen molar-refractivity contribution in [2.75, 3.05) is 34.7 Å². The molecule has 1 atom stereocenters. The first kappa shape index (κ1) is 18.1. The average molecular weight is 328 g/mol. The quantitative estimate of drug-likeness (QED) is 0.654. The van der Waals surface area contributed by atoms with E-state index in [1.165, 1.54) is 11.1 Å². The van der Waals surface area contributed by atoms with Crippen molar-refractivity contribution in [3.05, 3.63) is 59.5 Å². The smallest absolute Gasteiger partial charge is 0.193 e. The lowest BCUT2D eigenvalue weighted by Gasteiger charge is -2.27. The van der Waals surface area contributed by atoms with E-state index in [-0.39, 0.29) is 6.04 Å². The van der Waals surface area contributed by atoms with E-state index in [1.807, 2.05) is 40.3 Å². The molecule has 24 heavy (non-hydrogen) atoms. The van der Waals surface area contributed by atoms with Crippen molar-refractivity contribution in [3.8, 4) is 0 Å². The molecule has 0 aliphatic rings. The Kier molecular flexibility index (Phi) is 6.44. The zero-order valence-electron chi connectivity index (χ0n) is 15.3. The van der Waals surface area contributed by atoms with Gasteiger partial charge in [-0.3, -0.25) is 9.89 Å². The van der Waals surface area contributed by atoms with E-state index in [4.69, 9.17) is 4.42 Å². The highest BCUT2D eigenvalue weighted by Gasteiger charge is 2.18. The number of rotatable bonds is 6. The van der Waals surface area contributed by atoms with Crippen LogP contribution in [0.5, 0.6) is 0 Å². The van der Waals surface area contributed by atoms with E-state index < -0.39 is 0 Å². The maximum Gasteiger partial charge on any atom is 0.193 e. The molecule has 2 rings (SSSR count). The van der Waals surface area contributed by atoms with Crippen LogP contribution in [-0.4, -0.2) is 50.5 Å². The lowest BCUT2D eigenvalue weighted by Crippen LogP contribution is -2.42. The molecule has 0 radical (unpaired) electrons. The second-order valence-corrected chi connectivity index (χ2v) is 6.26. The first-order chi connectivity index (χ1) is 11.5. The number of hydrogen-bond acceptors (Lipinski definition) is 3. The molecule has 130 valence electrons. The monoisotopic (exact) mass is 328 g/mol. The number of nitrogens with one attached hydrogen (secondary N) is 1. The predicted molar refractivity (Wildman–Crippen MR) is 99.1 cm³/mol. The summed E-state index contributed by atoms with van der Waals surface area (Å²) in [6, 6.07) is 12.7. The molecule has 5 nitrogen and oxygen atoms in total. The molecule has 1 aromatic heterocycles. The highest BCUT2D eigenvalue weighted by molar-refractivity contribution is 5.79. The zero-order valence-corrected chi connectivity index (χ0v) is 15.3. The molecular weight excluding hydrogens is 300 g/mol. The first-order valence-corrected chi connectivity index (χ1v) is 8.18. The Balaban J connectivity index is 1.96. The average Bonchev–Trinajstić information content (AvgIpc) is 3.07. The van der Waals surface area contributed by atoms with E-state index in [9.17, 15) is 0 Å². The fraction of sp³-hybridized carbons (Fsp3) is 0.421. The minimum atomic E-state index is 0.157. The molecular formula is C19H28N4O. The van der Waals surface area contributed by atoms with Crippen LogP contribution in [0, 0.1) is 6.92 Å². The Morgan fingerprint density at radius 1 is 1.17 bits per heavy atom. The summed E-state index contributed by atoms with van der Waals surface area (Å²) in [5.74, 6) is 1.82. The Labute approximate surface area is 145 Å². The number of aliphatic imine (C=N–C) groups is 1. The van der Waals surface area contributed by atoms with Crippen molar-refractivity contribution in [1.29, 1.82) is 0 Å². The molecule has 0 spiro atoms. The van der Waals surface area contributed by atoms with Gasteiger partial charge in [0.1, 0.15) is 5.76 Å². The highest BCUT2D eigenvalue weighted by Crippen LogP contribution is 2.17. The number of benzene rings is 1. The molecule has 2 aromatic rings. The van der Waals surface area contributed by atoms with Crippen molar-refractivity contribution < 1.29 is 4.42 Å². The second-order valence-electron chi connectivity index (χ2n) is 6.26. The van der Waals surface area contributed by atoms with Crippen molar-refractivity contribution in [2.45, 2.75) is 19.5 Å². The molecule has 0 saturated heterocycles. The fourth-order valence-electron chi connectivity index (χ4n) is 2.63. The van der Waals surface area contributed by atoms with Gasteiger partial charge in [-0.2, -0.15) is 0 Å². The normalized spacial score (nSPS) is 13.2. The fourth-order valence-corrected chi connectivity index (χ4v) is 2.63. The number of nitrogens with zero attached hydrogens (tertiary/aromatic N) is 3. The van der Waals surface area contributed by atoms with Gasteiger partial charge in [-0.25, -0.2) is 0 Å². The summed E-state index contributed by atoms with van der Waals surface area (Å²) in [5, 5.41) is 3.44. The second kappa shape index (κ2) is 8.55. The van der Waals surface area contributed by atoms with Crippen molar-refractivity contribution in [2.24, 2.45) is 4.99 Å². The van der Waals surface area contributed by atoms with Crippen LogP contribution in [0.2, 0.25) is 0 Å². The van der Waals surface area contributed by atoms with Gasteiger partial charge in [-0.05, 0) is 38.7 Å². The molecule has 1 heterocycles. The molecule has 0 aliphatic carbocycles. The van der Waals surface area contributed by atoms with E-state index in [0.717, 1.165) is 24.8 Å². The van der Waals surface area contributed by atoms with Crippen molar-refractivity contribution in [1.82, 2.24) is 15.1 Å². The van der Waals surface area contributed by atoms with Gasteiger partial charge in [0, 0.05) is 27.2 Å². The van der Waals surface area contributed by atoms with Gasteiger partial charge in [0.2, 0.25) is 0 Å². The summed E-state index contributed by atoms with van der Waals surface area (Å²) in [5.41, 5.74) is 2.54. The van der Waals surface area contributed by atoms with Crippen LogP contribution in [-0.2, 0) is 6.54 Å². The Morgan fingerprint density at radius 3 is 2.42 bits per heavy atom. The molecule has 0 bridgehead atoms. The van der Waals surface area contributed by atoms with Gasteiger partial charge < -0.3 is 14.6 Å². The number of likely N-dealkylation sites (N-methyl/N-ethyl adjacent to an activating group) is 1. The van der Waals surface area contributed by atoms with Crippen LogP contribution in [0.4, 0.5) is 0 Å². The third kappa shape index (κ3) is 4.86. The van der Waals surface area contributed by atoms with Crippen LogP contribution in [0.1, 0.15) is 22.9 Å². The number of aryl methyl sites for hydroxylation is 1. The standard InChI is InChI=1S/C19H28N4O/c1-15-8-10-16(11-9-15)14-23(5)19(20-2)21-13-17(22(3)4)18-7-6-12-24-18/h6-12,17H,13-14H2,1-5H3,(H,20,21). The topological polar surface area (TPSA) is 44.0 Å². The molecule has 5 heteroatoms. The number of hydrogen-bond donors (Lipinski definition) is 1. The molecule has 0 aliphatic heterocycles. The Bertz CT molecular complexity index is 632. The van der Waals surface area contributed by atoms with Gasteiger partial charge >= 0.3 is 0 Å². The van der Waals surface area contributed by atoms with Crippen molar-refractivity contribution in [3.63, 3.8) is 0 Å². The van der Waals surface area contributed by atoms with Crippen LogP contribution in [0.25, 0.3) is 0 Å². The summed E-state index contributed by atoms with van der Waals surface area (Å²) in [6.45, 7) is 3.64. The Morgan fingerprint density at radius 2 is 1.88 bits per heavy atom. The van der Waals surface area contributed by atoms with Gasteiger partial charge in [-0.15, -0.1) is 0 Å². The van der Waals surface area contributed by atoms with Gasteiger partial charge in [0.15, 0.2) is 5.96 Å². The lowest BCUT2D eigenvalue weighted by molar-refractivity contribution is 0.256. The van der Waals surface area contributed by atoms with Gasteiger partial charge in [0.25, 0.3) is 0 Å². The first-order valence-electron chi connectivity index (χ1n) is 8.18. The van der Waals surface area contributed by atoms with E-state index in [1.54, 1.807) is 6.26 Å². The molecule has 1 unspecified atom stereocenters. The lowest BCUT2D eigenvalue weighted by atomic mass is 10.1. The summed E-state index contributed by atoms with van der Waals surface area (Å²) in [7, 11) is 7.96. The minimum Gasteiger partial charge on any atom is -0.468 e. The van der Waals surface area contributed by atoms with Crippen LogP contribution in [0.15, 0.2) is 52.1 Å². The summed E-state index contributed by atoms with van der Waals surface area (Å²) in [4.78, 5) is 8.66. The summed E-state index contributed by atoms with van der Waals surface area (Å²) < 4.78 is 5.56.